The van der Waals surface area contributed by atoms with Gasteiger partial charge in [-0.25, -0.2) is 9.18 Å². The third-order valence-electron chi connectivity index (χ3n) is 2.41. The van der Waals surface area contributed by atoms with Gasteiger partial charge in [0.25, 0.3) is 0 Å². The summed E-state index contributed by atoms with van der Waals surface area (Å²) in [7, 11) is 0. The first kappa shape index (κ1) is 10.9. The molecule has 2 rings (SSSR count). The van der Waals surface area contributed by atoms with Crippen LogP contribution in [-0.2, 0) is 4.74 Å². The zero-order valence-corrected chi connectivity index (χ0v) is 8.78. The highest BCUT2D eigenvalue weighted by Crippen LogP contribution is 2.13. The van der Waals surface area contributed by atoms with Gasteiger partial charge in [0.2, 0.25) is 0 Å². The molecule has 1 aliphatic rings. The lowest BCUT2D eigenvalue weighted by molar-refractivity contribution is 0.0564. The number of para-hydroxylation sites is 1. The van der Waals surface area contributed by atoms with Crippen molar-refractivity contribution in [1.29, 1.82) is 0 Å². The van der Waals surface area contributed by atoms with Gasteiger partial charge in [0.1, 0.15) is 5.82 Å². The SMILES string of the molecule is O=C(Nc1ccccc1F)N1CCOCC1. The topological polar surface area (TPSA) is 41.6 Å². The number of ether oxygens (including phenoxy) is 1. The highest BCUT2D eigenvalue weighted by Gasteiger charge is 2.17. The van der Waals surface area contributed by atoms with Crippen LogP contribution in [0, 0.1) is 5.82 Å². The second-order valence-corrected chi connectivity index (χ2v) is 3.51. The minimum Gasteiger partial charge on any atom is -0.378 e. The molecule has 0 unspecified atom stereocenters. The van der Waals surface area contributed by atoms with Crippen molar-refractivity contribution in [3.8, 4) is 0 Å². The molecular weight excluding hydrogens is 211 g/mol. The lowest BCUT2D eigenvalue weighted by Crippen LogP contribution is -2.43. The van der Waals surface area contributed by atoms with E-state index in [1.807, 2.05) is 0 Å². The Kier molecular flexibility index (Phi) is 3.36. The van der Waals surface area contributed by atoms with E-state index < -0.39 is 5.82 Å². The van der Waals surface area contributed by atoms with Crippen LogP contribution in [0.4, 0.5) is 14.9 Å². The average molecular weight is 224 g/mol. The lowest BCUT2D eigenvalue weighted by atomic mass is 10.3. The fourth-order valence-electron chi connectivity index (χ4n) is 1.52. The Morgan fingerprint density at radius 1 is 1.31 bits per heavy atom. The molecule has 1 fully saturated rings. The van der Waals surface area contributed by atoms with Gasteiger partial charge in [-0.15, -0.1) is 0 Å². The second kappa shape index (κ2) is 4.94. The van der Waals surface area contributed by atoms with Crippen LogP contribution >= 0.6 is 0 Å². The Labute approximate surface area is 93.0 Å². The molecule has 2 amide bonds. The Morgan fingerprint density at radius 3 is 2.69 bits per heavy atom. The van der Waals surface area contributed by atoms with Crippen LogP contribution in [0.2, 0.25) is 0 Å². The number of benzene rings is 1. The number of carbonyl (C=O) groups is 1. The van der Waals surface area contributed by atoms with Crippen LogP contribution in [0.1, 0.15) is 0 Å². The molecule has 1 saturated heterocycles. The van der Waals surface area contributed by atoms with E-state index in [2.05, 4.69) is 5.32 Å². The number of urea groups is 1. The lowest BCUT2D eigenvalue weighted by Gasteiger charge is -2.26. The van der Waals surface area contributed by atoms with Gasteiger partial charge in [0.05, 0.1) is 18.9 Å². The Morgan fingerprint density at radius 2 is 2.00 bits per heavy atom. The summed E-state index contributed by atoms with van der Waals surface area (Å²) >= 11 is 0. The summed E-state index contributed by atoms with van der Waals surface area (Å²) in [5, 5.41) is 2.54. The first-order valence-electron chi connectivity index (χ1n) is 5.15. The van der Waals surface area contributed by atoms with Crippen LogP contribution in [0.25, 0.3) is 0 Å². The maximum absolute atomic E-state index is 13.3. The van der Waals surface area contributed by atoms with Gasteiger partial charge in [0.15, 0.2) is 0 Å². The standard InChI is InChI=1S/C11H13FN2O2/c12-9-3-1-2-4-10(9)13-11(15)14-5-7-16-8-6-14/h1-4H,5-8H2,(H,13,15). The summed E-state index contributed by atoms with van der Waals surface area (Å²) in [6, 6.07) is 5.83. The molecule has 1 aromatic rings. The zero-order valence-electron chi connectivity index (χ0n) is 8.78. The van der Waals surface area contributed by atoms with Gasteiger partial charge in [-0.2, -0.15) is 0 Å². The monoisotopic (exact) mass is 224 g/mol. The van der Waals surface area contributed by atoms with E-state index in [1.54, 1.807) is 17.0 Å². The summed E-state index contributed by atoms with van der Waals surface area (Å²) in [5.74, 6) is -0.427. The van der Waals surface area contributed by atoms with E-state index in [1.165, 1.54) is 12.1 Å². The van der Waals surface area contributed by atoms with Crippen molar-refractivity contribution in [3.63, 3.8) is 0 Å². The van der Waals surface area contributed by atoms with Crippen LogP contribution in [0.5, 0.6) is 0 Å². The van der Waals surface area contributed by atoms with E-state index in [0.717, 1.165) is 0 Å². The molecule has 1 heterocycles. The molecule has 4 nitrogen and oxygen atoms in total. The number of hydrogen-bond acceptors (Lipinski definition) is 2. The highest BCUT2D eigenvalue weighted by molar-refractivity contribution is 5.89. The van der Waals surface area contributed by atoms with Crippen LogP contribution in [0.3, 0.4) is 0 Å². The molecule has 0 spiro atoms. The summed E-state index contributed by atoms with van der Waals surface area (Å²) in [6.07, 6.45) is 0. The van der Waals surface area contributed by atoms with Gasteiger partial charge in [-0.05, 0) is 12.1 Å². The van der Waals surface area contributed by atoms with E-state index in [-0.39, 0.29) is 11.7 Å². The maximum Gasteiger partial charge on any atom is 0.322 e. The van der Waals surface area contributed by atoms with Crippen molar-refractivity contribution in [2.75, 3.05) is 31.6 Å². The number of morpholine rings is 1. The number of amides is 2. The highest BCUT2D eigenvalue weighted by atomic mass is 19.1. The molecule has 0 saturated carbocycles. The van der Waals surface area contributed by atoms with E-state index in [9.17, 15) is 9.18 Å². The van der Waals surface area contributed by atoms with Gasteiger partial charge in [0, 0.05) is 13.1 Å². The number of anilines is 1. The van der Waals surface area contributed by atoms with Crippen molar-refractivity contribution >= 4 is 11.7 Å². The predicted molar refractivity (Wildman–Crippen MR) is 57.8 cm³/mol. The molecule has 0 aliphatic carbocycles. The summed E-state index contributed by atoms with van der Waals surface area (Å²) in [4.78, 5) is 13.3. The zero-order chi connectivity index (χ0) is 11.4. The number of carbonyl (C=O) groups excluding carboxylic acids is 1. The molecule has 1 aliphatic heterocycles. The third-order valence-corrected chi connectivity index (χ3v) is 2.41. The molecule has 1 aromatic carbocycles. The number of nitrogens with zero attached hydrogens (tertiary/aromatic N) is 1. The van der Waals surface area contributed by atoms with E-state index >= 15 is 0 Å². The van der Waals surface area contributed by atoms with Crippen LogP contribution < -0.4 is 5.32 Å². The van der Waals surface area contributed by atoms with Crippen molar-refractivity contribution in [2.24, 2.45) is 0 Å². The minimum atomic E-state index is -0.427. The first-order valence-corrected chi connectivity index (χ1v) is 5.15. The average Bonchev–Trinajstić information content (AvgIpc) is 2.33. The van der Waals surface area contributed by atoms with Crippen molar-refractivity contribution in [1.82, 2.24) is 4.90 Å². The molecule has 86 valence electrons. The number of rotatable bonds is 1. The number of halogens is 1. The van der Waals surface area contributed by atoms with Gasteiger partial charge in [-0.1, -0.05) is 12.1 Å². The summed E-state index contributed by atoms with van der Waals surface area (Å²) in [5.41, 5.74) is 0.207. The van der Waals surface area contributed by atoms with Crippen LogP contribution in [-0.4, -0.2) is 37.2 Å². The number of nitrogens with one attached hydrogen (secondary N) is 1. The van der Waals surface area contributed by atoms with Crippen molar-refractivity contribution in [3.05, 3.63) is 30.1 Å². The molecule has 1 N–H and O–H groups in total. The largest absolute Gasteiger partial charge is 0.378 e. The van der Waals surface area contributed by atoms with Gasteiger partial charge < -0.3 is 15.0 Å². The van der Waals surface area contributed by atoms with Gasteiger partial charge in [-0.3, -0.25) is 0 Å². The van der Waals surface area contributed by atoms with Crippen molar-refractivity contribution in [2.45, 2.75) is 0 Å². The van der Waals surface area contributed by atoms with E-state index in [4.69, 9.17) is 4.74 Å². The molecule has 0 radical (unpaired) electrons. The molecule has 0 aromatic heterocycles. The van der Waals surface area contributed by atoms with E-state index in [0.29, 0.717) is 26.3 Å². The number of hydrogen-bond donors (Lipinski definition) is 1. The smallest absolute Gasteiger partial charge is 0.322 e. The first-order chi connectivity index (χ1) is 7.77. The quantitative estimate of drug-likeness (QED) is 0.788. The Bertz CT molecular complexity index is 378. The predicted octanol–water partition coefficient (Wildman–Crippen LogP) is 1.69. The molecule has 16 heavy (non-hydrogen) atoms. The maximum atomic E-state index is 13.3. The van der Waals surface area contributed by atoms with Gasteiger partial charge >= 0.3 is 6.03 Å². The molecular formula is C11H13FN2O2. The van der Waals surface area contributed by atoms with Crippen molar-refractivity contribution < 1.29 is 13.9 Å². The normalized spacial score (nSPS) is 15.9. The molecule has 0 bridgehead atoms. The summed E-state index contributed by atoms with van der Waals surface area (Å²) in [6.45, 7) is 2.15. The molecule has 0 atom stereocenters. The third kappa shape index (κ3) is 2.49. The Balaban J connectivity index is 1.99. The van der Waals surface area contributed by atoms with Crippen LogP contribution in [0.15, 0.2) is 24.3 Å². The fourth-order valence-corrected chi connectivity index (χ4v) is 1.52. The second-order valence-electron chi connectivity index (χ2n) is 3.51. The fraction of sp³-hybridized carbons (Fsp3) is 0.364. The Hall–Kier alpha value is -1.62. The minimum absolute atomic E-state index is 0.207. The molecule has 5 heteroatoms. The summed E-state index contributed by atoms with van der Waals surface area (Å²) < 4.78 is 18.4.